The molecule has 0 aliphatic heterocycles. The third-order valence-corrected chi connectivity index (χ3v) is 3.44. The Morgan fingerprint density at radius 2 is 1.87 bits per heavy atom. The molecule has 88 valence electrons. The van der Waals surface area contributed by atoms with Crippen LogP contribution in [0.2, 0.25) is 0 Å². The Morgan fingerprint density at radius 3 is 2.40 bits per heavy atom. The zero-order chi connectivity index (χ0) is 11.1. The first-order valence-electron chi connectivity index (χ1n) is 6.40. The Labute approximate surface area is 93.1 Å². The molecule has 0 unspecified atom stereocenters. The first-order chi connectivity index (χ1) is 7.16. The SMILES string of the molecule is CCCCCC(=O)CCCC1(O)CCC1. The summed E-state index contributed by atoms with van der Waals surface area (Å²) in [5, 5.41) is 9.83. The quantitative estimate of drug-likeness (QED) is 0.627. The largest absolute Gasteiger partial charge is 0.390 e. The lowest BCUT2D eigenvalue weighted by atomic mass is 9.77. The van der Waals surface area contributed by atoms with Crippen LogP contribution >= 0.6 is 0 Å². The Bertz CT molecular complexity index is 195. The second kappa shape index (κ2) is 6.26. The van der Waals surface area contributed by atoms with Gasteiger partial charge in [0.05, 0.1) is 5.60 Å². The van der Waals surface area contributed by atoms with Crippen molar-refractivity contribution in [2.24, 2.45) is 0 Å². The Kier molecular flexibility index (Phi) is 5.30. The van der Waals surface area contributed by atoms with Gasteiger partial charge in [-0.3, -0.25) is 4.79 Å². The highest BCUT2D eigenvalue weighted by Gasteiger charge is 2.33. The van der Waals surface area contributed by atoms with E-state index >= 15 is 0 Å². The molecule has 1 aliphatic rings. The molecule has 2 nitrogen and oxygen atoms in total. The van der Waals surface area contributed by atoms with Gasteiger partial charge in [-0.25, -0.2) is 0 Å². The van der Waals surface area contributed by atoms with Gasteiger partial charge in [0.25, 0.3) is 0 Å². The van der Waals surface area contributed by atoms with E-state index in [4.69, 9.17) is 0 Å². The molecule has 1 fully saturated rings. The van der Waals surface area contributed by atoms with Gasteiger partial charge in [0.1, 0.15) is 5.78 Å². The van der Waals surface area contributed by atoms with Crippen LogP contribution < -0.4 is 0 Å². The van der Waals surface area contributed by atoms with Gasteiger partial charge in [0.2, 0.25) is 0 Å². The molecule has 0 bridgehead atoms. The van der Waals surface area contributed by atoms with Crippen LogP contribution in [0.3, 0.4) is 0 Å². The molecule has 0 aromatic rings. The van der Waals surface area contributed by atoms with Gasteiger partial charge in [-0.1, -0.05) is 19.8 Å². The van der Waals surface area contributed by atoms with Gasteiger partial charge in [0.15, 0.2) is 0 Å². The summed E-state index contributed by atoms with van der Waals surface area (Å²) in [6.45, 7) is 2.15. The number of hydrogen-bond donors (Lipinski definition) is 1. The van der Waals surface area contributed by atoms with E-state index in [0.717, 1.165) is 51.4 Å². The summed E-state index contributed by atoms with van der Waals surface area (Å²) >= 11 is 0. The average Bonchev–Trinajstić information content (AvgIpc) is 2.16. The van der Waals surface area contributed by atoms with Gasteiger partial charge >= 0.3 is 0 Å². The topological polar surface area (TPSA) is 37.3 Å². The monoisotopic (exact) mass is 212 g/mol. The fourth-order valence-electron chi connectivity index (χ4n) is 2.15. The number of hydrogen-bond acceptors (Lipinski definition) is 2. The fraction of sp³-hybridized carbons (Fsp3) is 0.923. The summed E-state index contributed by atoms with van der Waals surface area (Å²) in [5.74, 6) is 0.381. The summed E-state index contributed by atoms with van der Waals surface area (Å²) in [6.07, 6.45) is 9.53. The van der Waals surface area contributed by atoms with Crippen molar-refractivity contribution in [3.63, 3.8) is 0 Å². The van der Waals surface area contributed by atoms with Crippen molar-refractivity contribution in [2.45, 2.75) is 76.7 Å². The molecular formula is C13H24O2. The summed E-state index contributed by atoms with van der Waals surface area (Å²) in [5.41, 5.74) is -0.399. The Morgan fingerprint density at radius 1 is 1.20 bits per heavy atom. The number of ketones is 1. The van der Waals surface area contributed by atoms with Crippen molar-refractivity contribution in [3.05, 3.63) is 0 Å². The van der Waals surface area contributed by atoms with Gasteiger partial charge in [0, 0.05) is 12.8 Å². The molecule has 0 radical (unpaired) electrons. The molecule has 0 aromatic carbocycles. The van der Waals surface area contributed by atoms with Crippen LogP contribution in [0.5, 0.6) is 0 Å². The van der Waals surface area contributed by atoms with Gasteiger partial charge in [-0.05, 0) is 38.5 Å². The van der Waals surface area contributed by atoms with E-state index in [1.807, 2.05) is 0 Å². The molecule has 0 saturated heterocycles. The smallest absolute Gasteiger partial charge is 0.132 e. The second-order valence-electron chi connectivity index (χ2n) is 4.93. The second-order valence-corrected chi connectivity index (χ2v) is 4.93. The van der Waals surface area contributed by atoms with Crippen LogP contribution in [-0.2, 0) is 4.79 Å². The van der Waals surface area contributed by atoms with Gasteiger partial charge in [-0.2, -0.15) is 0 Å². The molecule has 0 atom stereocenters. The first kappa shape index (κ1) is 12.7. The van der Waals surface area contributed by atoms with Crippen LogP contribution in [0.25, 0.3) is 0 Å². The van der Waals surface area contributed by atoms with E-state index in [1.54, 1.807) is 0 Å². The highest BCUT2D eigenvalue weighted by Crippen LogP contribution is 2.35. The number of aliphatic hydroxyl groups is 1. The molecule has 0 spiro atoms. The van der Waals surface area contributed by atoms with E-state index in [-0.39, 0.29) is 0 Å². The van der Waals surface area contributed by atoms with Gasteiger partial charge in [-0.15, -0.1) is 0 Å². The minimum Gasteiger partial charge on any atom is -0.390 e. The van der Waals surface area contributed by atoms with Crippen molar-refractivity contribution in [3.8, 4) is 0 Å². The predicted molar refractivity (Wildman–Crippen MR) is 61.8 cm³/mol. The Hall–Kier alpha value is -0.370. The normalized spacial score (nSPS) is 18.5. The zero-order valence-electron chi connectivity index (χ0n) is 9.93. The molecule has 0 aromatic heterocycles. The van der Waals surface area contributed by atoms with Crippen LogP contribution in [-0.4, -0.2) is 16.5 Å². The summed E-state index contributed by atoms with van der Waals surface area (Å²) in [7, 11) is 0. The lowest BCUT2D eigenvalue weighted by molar-refractivity contribution is -0.119. The molecule has 1 aliphatic carbocycles. The molecule has 1 saturated carbocycles. The van der Waals surface area contributed by atoms with Crippen LogP contribution in [0, 0.1) is 0 Å². The molecule has 1 N–H and O–H groups in total. The average molecular weight is 212 g/mol. The highest BCUT2D eigenvalue weighted by atomic mass is 16.3. The maximum absolute atomic E-state index is 11.4. The number of carbonyl (C=O) groups is 1. The lowest BCUT2D eigenvalue weighted by Crippen LogP contribution is -2.36. The van der Waals surface area contributed by atoms with E-state index in [9.17, 15) is 9.90 Å². The standard InChI is InChI=1S/C13H24O2/c1-2-3-4-7-12(14)8-5-9-13(15)10-6-11-13/h15H,2-11H2,1H3. The van der Waals surface area contributed by atoms with E-state index in [0.29, 0.717) is 12.2 Å². The van der Waals surface area contributed by atoms with Crippen LogP contribution in [0.1, 0.15) is 71.1 Å². The highest BCUT2D eigenvalue weighted by molar-refractivity contribution is 5.78. The molecule has 2 heteroatoms. The van der Waals surface area contributed by atoms with E-state index < -0.39 is 5.60 Å². The summed E-state index contributed by atoms with van der Waals surface area (Å²) < 4.78 is 0. The van der Waals surface area contributed by atoms with Crippen molar-refractivity contribution in [1.82, 2.24) is 0 Å². The number of rotatable bonds is 8. The van der Waals surface area contributed by atoms with Crippen molar-refractivity contribution in [2.75, 3.05) is 0 Å². The van der Waals surface area contributed by atoms with Crippen LogP contribution in [0.4, 0.5) is 0 Å². The zero-order valence-corrected chi connectivity index (χ0v) is 9.93. The predicted octanol–water partition coefficient (Wildman–Crippen LogP) is 3.22. The fourth-order valence-corrected chi connectivity index (χ4v) is 2.15. The Balaban J connectivity index is 1.97. The van der Waals surface area contributed by atoms with Gasteiger partial charge < -0.3 is 5.11 Å². The molecular weight excluding hydrogens is 188 g/mol. The molecule has 15 heavy (non-hydrogen) atoms. The molecule has 0 amide bonds. The minimum atomic E-state index is -0.399. The third kappa shape index (κ3) is 4.78. The van der Waals surface area contributed by atoms with E-state index in [1.165, 1.54) is 6.42 Å². The number of unbranched alkanes of at least 4 members (excludes halogenated alkanes) is 2. The van der Waals surface area contributed by atoms with E-state index in [2.05, 4.69) is 6.92 Å². The third-order valence-electron chi connectivity index (χ3n) is 3.44. The minimum absolute atomic E-state index is 0.381. The number of Topliss-reactive ketones (excluding diaryl/α,β-unsaturated/α-hetero) is 1. The van der Waals surface area contributed by atoms with Crippen LogP contribution in [0.15, 0.2) is 0 Å². The van der Waals surface area contributed by atoms with Crippen molar-refractivity contribution in [1.29, 1.82) is 0 Å². The molecule has 0 heterocycles. The number of carbonyl (C=O) groups excluding carboxylic acids is 1. The van der Waals surface area contributed by atoms with Crippen molar-refractivity contribution >= 4 is 5.78 Å². The van der Waals surface area contributed by atoms with Crippen molar-refractivity contribution < 1.29 is 9.90 Å². The molecule has 1 rings (SSSR count). The summed E-state index contributed by atoms with van der Waals surface area (Å²) in [4.78, 5) is 11.4. The lowest BCUT2D eigenvalue weighted by Gasteiger charge is -2.36. The maximum Gasteiger partial charge on any atom is 0.132 e. The summed E-state index contributed by atoms with van der Waals surface area (Å²) in [6, 6.07) is 0. The first-order valence-corrected chi connectivity index (χ1v) is 6.40. The maximum atomic E-state index is 11.4.